The second kappa shape index (κ2) is 15.9. The first kappa shape index (κ1) is 33.9. The van der Waals surface area contributed by atoms with Crippen LogP contribution in [0, 0.1) is 5.92 Å². The first-order valence-electron chi connectivity index (χ1n) is 17.3. The number of fused-ring (bicyclic) bond motifs is 1. The number of hydrogen-bond acceptors (Lipinski definition) is 5. The smallest absolute Gasteiger partial charge is 0.245 e. The molecular formula is C37H54ClN5O2. The van der Waals surface area contributed by atoms with Gasteiger partial charge in [-0.2, -0.15) is 0 Å². The Hall–Kier alpha value is -2.45. The Morgan fingerprint density at radius 2 is 1.53 bits per heavy atom. The van der Waals surface area contributed by atoms with Crippen LogP contribution >= 0.6 is 11.6 Å². The van der Waals surface area contributed by atoms with Gasteiger partial charge in [-0.15, -0.1) is 0 Å². The van der Waals surface area contributed by atoms with E-state index in [2.05, 4.69) is 72.4 Å². The molecule has 2 saturated heterocycles. The fourth-order valence-corrected chi connectivity index (χ4v) is 7.71. The summed E-state index contributed by atoms with van der Waals surface area (Å²) in [5.41, 5.74) is 3.58. The van der Waals surface area contributed by atoms with Gasteiger partial charge in [-0.05, 0) is 93.8 Å². The highest BCUT2D eigenvalue weighted by Gasteiger charge is 2.35. The van der Waals surface area contributed by atoms with E-state index in [1.54, 1.807) is 0 Å². The van der Waals surface area contributed by atoms with Crippen molar-refractivity contribution in [2.24, 2.45) is 5.92 Å². The van der Waals surface area contributed by atoms with Crippen molar-refractivity contribution < 1.29 is 9.59 Å². The third-order valence-electron chi connectivity index (χ3n) is 10.1. The van der Waals surface area contributed by atoms with Crippen molar-refractivity contribution in [2.45, 2.75) is 109 Å². The van der Waals surface area contributed by atoms with Gasteiger partial charge in [0.25, 0.3) is 0 Å². The van der Waals surface area contributed by atoms with Crippen molar-refractivity contribution in [2.75, 3.05) is 32.7 Å². The first-order chi connectivity index (χ1) is 21.7. The van der Waals surface area contributed by atoms with E-state index >= 15 is 0 Å². The second-order valence-electron chi connectivity index (χ2n) is 14.2. The average Bonchev–Trinajstić information content (AvgIpc) is 3.04. The lowest BCUT2D eigenvalue weighted by Gasteiger charge is -2.46. The molecule has 3 aliphatic heterocycles. The SMILES string of the molecule is CC(C)CN(C1CCN(C(=O)[C@@H](Cc2ccc(Cl)cc2)NC(=O)C[C@H]2Cc3ccccc3CN2)CC1)C1CCN(C(C)C)CC1. The molecule has 7 nitrogen and oxygen atoms in total. The van der Waals surface area contributed by atoms with Gasteiger partial charge in [0.2, 0.25) is 11.8 Å². The minimum absolute atomic E-state index is 0.0272. The summed E-state index contributed by atoms with van der Waals surface area (Å²) < 4.78 is 0. The van der Waals surface area contributed by atoms with Gasteiger partial charge in [-0.3, -0.25) is 14.5 Å². The number of carbonyl (C=O) groups is 2. The van der Waals surface area contributed by atoms with Crippen molar-refractivity contribution >= 4 is 23.4 Å². The van der Waals surface area contributed by atoms with Crippen LogP contribution in [0.25, 0.3) is 0 Å². The van der Waals surface area contributed by atoms with Crippen LogP contribution in [0.2, 0.25) is 5.02 Å². The molecule has 2 fully saturated rings. The van der Waals surface area contributed by atoms with E-state index < -0.39 is 6.04 Å². The molecule has 0 saturated carbocycles. The molecule has 3 heterocycles. The number of carbonyl (C=O) groups excluding carboxylic acids is 2. The van der Waals surface area contributed by atoms with E-state index in [1.165, 1.54) is 37.1 Å². The molecule has 45 heavy (non-hydrogen) atoms. The van der Waals surface area contributed by atoms with E-state index in [0.29, 0.717) is 41.9 Å². The highest BCUT2D eigenvalue weighted by Crippen LogP contribution is 2.27. The number of amides is 2. The van der Waals surface area contributed by atoms with Crippen LogP contribution < -0.4 is 10.6 Å². The Kier molecular flexibility index (Phi) is 12.0. The Labute approximate surface area is 276 Å². The Morgan fingerprint density at radius 3 is 2.16 bits per heavy atom. The molecule has 2 atom stereocenters. The van der Waals surface area contributed by atoms with Crippen LogP contribution in [0.1, 0.15) is 76.5 Å². The lowest BCUT2D eigenvalue weighted by molar-refractivity contribution is -0.138. The van der Waals surface area contributed by atoms with Gasteiger partial charge in [-0.1, -0.05) is 61.8 Å². The van der Waals surface area contributed by atoms with Crippen LogP contribution in [0.4, 0.5) is 0 Å². The van der Waals surface area contributed by atoms with Gasteiger partial charge in [0, 0.05) is 68.2 Å². The van der Waals surface area contributed by atoms with E-state index in [0.717, 1.165) is 51.0 Å². The molecule has 0 unspecified atom stereocenters. The molecule has 0 radical (unpaired) electrons. The second-order valence-corrected chi connectivity index (χ2v) is 14.6. The number of nitrogens with one attached hydrogen (secondary N) is 2. The molecule has 2 amide bonds. The molecule has 246 valence electrons. The van der Waals surface area contributed by atoms with Crippen molar-refractivity contribution in [1.82, 2.24) is 25.3 Å². The molecule has 3 aliphatic rings. The van der Waals surface area contributed by atoms with E-state index in [1.807, 2.05) is 29.2 Å². The number of rotatable bonds is 11. The largest absolute Gasteiger partial charge is 0.344 e. The molecule has 0 spiro atoms. The summed E-state index contributed by atoms with van der Waals surface area (Å²) in [7, 11) is 0. The number of piperidine rings is 2. The van der Waals surface area contributed by atoms with Crippen molar-refractivity contribution in [3.05, 3.63) is 70.2 Å². The van der Waals surface area contributed by atoms with E-state index in [4.69, 9.17) is 11.6 Å². The molecule has 0 aromatic heterocycles. The Balaban J connectivity index is 1.21. The predicted octanol–water partition coefficient (Wildman–Crippen LogP) is 5.29. The lowest BCUT2D eigenvalue weighted by Crippen LogP contribution is -2.57. The van der Waals surface area contributed by atoms with Crippen molar-refractivity contribution in [3.63, 3.8) is 0 Å². The van der Waals surface area contributed by atoms with Gasteiger partial charge >= 0.3 is 0 Å². The summed E-state index contributed by atoms with van der Waals surface area (Å²) in [6.07, 6.45) is 6.03. The number of benzene rings is 2. The van der Waals surface area contributed by atoms with Crippen molar-refractivity contribution in [3.8, 4) is 0 Å². The minimum Gasteiger partial charge on any atom is -0.344 e. The number of nitrogens with zero attached hydrogens (tertiary/aromatic N) is 3. The van der Waals surface area contributed by atoms with E-state index in [9.17, 15) is 9.59 Å². The summed E-state index contributed by atoms with van der Waals surface area (Å²) in [5.74, 6) is 0.558. The van der Waals surface area contributed by atoms with Crippen LogP contribution in [0.5, 0.6) is 0 Å². The summed E-state index contributed by atoms with van der Waals surface area (Å²) in [6, 6.07) is 17.2. The fraction of sp³-hybridized carbons (Fsp3) is 0.622. The van der Waals surface area contributed by atoms with Crippen LogP contribution in [-0.4, -0.2) is 89.4 Å². The molecule has 2 N–H and O–H groups in total. The van der Waals surface area contributed by atoms with Crippen LogP contribution in [0.3, 0.4) is 0 Å². The maximum absolute atomic E-state index is 14.1. The zero-order valence-electron chi connectivity index (χ0n) is 27.8. The van der Waals surface area contributed by atoms with Gasteiger partial charge < -0.3 is 20.4 Å². The highest BCUT2D eigenvalue weighted by molar-refractivity contribution is 6.30. The van der Waals surface area contributed by atoms with Crippen LogP contribution in [0.15, 0.2) is 48.5 Å². The summed E-state index contributed by atoms with van der Waals surface area (Å²) in [4.78, 5) is 34.8. The normalized spacial score (nSPS) is 20.9. The summed E-state index contributed by atoms with van der Waals surface area (Å²) in [6.45, 7) is 14.9. The average molecular weight is 636 g/mol. The Morgan fingerprint density at radius 1 is 0.911 bits per heavy atom. The molecule has 5 rings (SSSR count). The Bertz CT molecular complexity index is 1250. The quantitative estimate of drug-likeness (QED) is 0.351. The van der Waals surface area contributed by atoms with E-state index in [-0.39, 0.29) is 17.9 Å². The summed E-state index contributed by atoms with van der Waals surface area (Å²) >= 11 is 6.15. The molecule has 8 heteroatoms. The third-order valence-corrected chi connectivity index (χ3v) is 10.4. The monoisotopic (exact) mass is 635 g/mol. The van der Waals surface area contributed by atoms with Gasteiger partial charge in [0.05, 0.1) is 0 Å². The number of halogens is 1. The highest BCUT2D eigenvalue weighted by atomic mass is 35.5. The lowest BCUT2D eigenvalue weighted by atomic mass is 9.93. The zero-order chi connectivity index (χ0) is 31.9. The minimum atomic E-state index is -0.599. The maximum atomic E-state index is 14.1. The molecular weight excluding hydrogens is 582 g/mol. The number of likely N-dealkylation sites (tertiary alicyclic amines) is 2. The van der Waals surface area contributed by atoms with Crippen LogP contribution in [-0.2, 0) is 29.0 Å². The molecule has 2 aromatic rings. The maximum Gasteiger partial charge on any atom is 0.245 e. The standard InChI is InChI=1S/C37H54ClN5O2/c1-26(2)25-43(33-13-17-41(18-14-33)27(3)4)34-15-19-42(20-16-34)37(45)35(21-28-9-11-31(38)12-10-28)40-36(44)23-32-22-29-7-5-6-8-30(29)24-39-32/h5-12,26-27,32-35,39H,13-25H2,1-4H3,(H,40,44)/t32-,35-/m1/s1. The van der Waals surface area contributed by atoms with Gasteiger partial charge in [-0.25, -0.2) is 0 Å². The predicted molar refractivity (Wildman–Crippen MR) is 183 cm³/mol. The molecule has 0 bridgehead atoms. The number of hydrogen-bond donors (Lipinski definition) is 2. The third kappa shape index (κ3) is 9.31. The molecule has 2 aromatic carbocycles. The topological polar surface area (TPSA) is 67.9 Å². The van der Waals surface area contributed by atoms with Gasteiger partial charge in [0.1, 0.15) is 6.04 Å². The summed E-state index contributed by atoms with van der Waals surface area (Å²) in [5, 5.41) is 7.33. The first-order valence-corrected chi connectivity index (χ1v) is 17.7. The van der Waals surface area contributed by atoms with Gasteiger partial charge in [0.15, 0.2) is 0 Å². The molecule has 0 aliphatic carbocycles. The zero-order valence-corrected chi connectivity index (χ0v) is 28.6. The van der Waals surface area contributed by atoms with Crippen molar-refractivity contribution in [1.29, 1.82) is 0 Å². The fourth-order valence-electron chi connectivity index (χ4n) is 7.59.